The number of hydrogen-bond donors (Lipinski definition) is 0. The lowest BCUT2D eigenvalue weighted by molar-refractivity contribution is 0.111. The summed E-state index contributed by atoms with van der Waals surface area (Å²) in [5, 5.41) is 0. The molecule has 1 saturated carbocycles. The van der Waals surface area contributed by atoms with Gasteiger partial charge in [-0.25, -0.2) is 0 Å². The van der Waals surface area contributed by atoms with E-state index in [1.54, 1.807) is 22.7 Å². The Bertz CT molecular complexity index is 633. The molecule has 0 saturated heterocycles. The van der Waals surface area contributed by atoms with Gasteiger partial charge >= 0.3 is 0 Å². The summed E-state index contributed by atoms with van der Waals surface area (Å²) in [6.07, 6.45) is 6.65. The highest BCUT2D eigenvalue weighted by atomic mass is 32.1. The van der Waals surface area contributed by atoms with Crippen LogP contribution in [0.1, 0.15) is 56.2 Å². The van der Waals surface area contributed by atoms with Crippen LogP contribution < -0.4 is 0 Å². The molecule has 96 valence electrons. The number of thiophene rings is 2. The van der Waals surface area contributed by atoms with Crippen molar-refractivity contribution in [1.82, 2.24) is 0 Å². The minimum atomic E-state index is 0.0974. The molecule has 2 aliphatic carbocycles. The van der Waals surface area contributed by atoms with Gasteiger partial charge in [-0.1, -0.05) is 12.8 Å². The number of carbonyl (C=O) groups excluding carboxylic acids is 2. The molecular formula is C15H12O2S2. The number of hydrogen-bond acceptors (Lipinski definition) is 4. The van der Waals surface area contributed by atoms with Crippen molar-refractivity contribution in [3.05, 3.63) is 33.0 Å². The third-order valence-corrected chi connectivity index (χ3v) is 6.71. The SMILES string of the molecule is O=Cc1cc2c(s1)-c1sc(C=O)cc1C21CCCC1. The molecule has 0 radical (unpaired) electrons. The maximum atomic E-state index is 11.0. The summed E-state index contributed by atoms with van der Waals surface area (Å²) in [4.78, 5) is 26.2. The van der Waals surface area contributed by atoms with Crippen molar-refractivity contribution in [3.63, 3.8) is 0 Å². The lowest BCUT2D eigenvalue weighted by Gasteiger charge is -2.24. The Morgan fingerprint density at radius 3 is 1.79 bits per heavy atom. The van der Waals surface area contributed by atoms with Crippen molar-refractivity contribution in [2.24, 2.45) is 0 Å². The summed E-state index contributed by atoms with van der Waals surface area (Å²) < 4.78 is 0. The lowest BCUT2D eigenvalue weighted by atomic mass is 9.78. The van der Waals surface area contributed by atoms with Crippen molar-refractivity contribution < 1.29 is 9.59 Å². The molecular weight excluding hydrogens is 276 g/mol. The van der Waals surface area contributed by atoms with E-state index in [1.807, 2.05) is 0 Å². The van der Waals surface area contributed by atoms with E-state index >= 15 is 0 Å². The van der Waals surface area contributed by atoms with E-state index in [9.17, 15) is 9.59 Å². The first-order chi connectivity index (χ1) is 9.28. The number of fused-ring (bicyclic) bond motifs is 5. The van der Waals surface area contributed by atoms with Crippen LogP contribution in [0, 0.1) is 0 Å². The summed E-state index contributed by atoms with van der Waals surface area (Å²) in [6, 6.07) is 4.15. The van der Waals surface area contributed by atoms with Gasteiger partial charge in [0.05, 0.1) is 9.75 Å². The molecule has 4 heteroatoms. The van der Waals surface area contributed by atoms with Crippen LogP contribution in [0.3, 0.4) is 0 Å². The Morgan fingerprint density at radius 1 is 0.895 bits per heavy atom. The smallest absolute Gasteiger partial charge is 0.160 e. The van der Waals surface area contributed by atoms with Crippen molar-refractivity contribution in [2.45, 2.75) is 31.1 Å². The van der Waals surface area contributed by atoms with Gasteiger partial charge < -0.3 is 0 Å². The highest BCUT2D eigenvalue weighted by Crippen LogP contribution is 2.61. The summed E-state index contributed by atoms with van der Waals surface area (Å²) in [6.45, 7) is 0. The van der Waals surface area contributed by atoms with E-state index in [4.69, 9.17) is 0 Å². The highest BCUT2D eigenvalue weighted by Gasteiger charge is 2.47. The molecule has 0 aliphatic heterocycles. The minimum absolute atomic E-state index is 0.0974. The van der Waals surface area contributed by atoms with E-state index in [-0.39, 0.29) is 5.41 Å². The topological polar surface area (TPSA) is 34.1 Å². The Kier molecular flexibility index (Phi) is 2.35. The molecule has 2 aliphatic rings. The van der Waals surface area contributed by atoms with Crippen LogP contribution in [0.25, 0.3) is 9.75 Å². The Morgan fingerprint density at radius 2 is 1.37 bits per heavy atom. The van der Waals surface area contributed by atoms with Gasteiger partial charge in [0.25, 0.3) is 0 Å². The first-order valence-electron chi connectivity index (χ1n) is 6.48. The van der Waals surface area contributed by atoms with Crippen LogP contribution in [0.2, 0.25) is 0 Å². The van der Waals surface area contributed by atoms with Gasteiger partial charge in [0.1, 0.15) is 0 Å². The minimum Gasteiger partial charge on any atom is -0.297 e. The zero-order valence-corrected chi connectivity index (χ0v) is 11.9. The van der Waals surface area contributed by atoms with Crippen LogP contribution in [0.15, 0.2) is 12.1 Å². The van der Waals surface area contributed by atoms with Gasteiger partial charge in [0.15, 0.2) is 12.6 Å². The van der Waals surface area contributed by atoms with Crippen LogP contribution in [-0.4, -0.2) is 12.6 Å². The largest absolute Gasteiger partial charge is 0.297 e. The monoisotopic (exact) mass is 288 g/mol. The lowest BCUT2D eigenvalue weighted by Crippen LogP contribution is -2.19. The second-order valence-corrected chi connectivity index (χ2v) is 7.48. The van der Waals surface area contributed by atoms with E-state index < -0.39 is 0 Å². The Labute approximate surface area is 119 Å². The molecule has 0 amide bonds. The van der Waals surface area contributed by atoms with Crippen LogP contribution in [-0.2, 0) is 5.41 Å². The van der Waals surface area contributed by atoms with Gasteiger partial charge in [-0.2, -0.15) is 0 Å². The van der Waals surface area contributed by atoms with Crippen molar-refractivity contribution in [2.75, 3.05) is 0 Å². The Balaban J connectivity index is 2.02. The molecule has 1 spiro atoms. The number of aldehydes is 2. The quantitative estimate of drug-likeness (QED) is 0.773. The Hall–Kier alpha value is -1.26. The van der Waals surface area contributed by atoms with Gasteiger partial charge in [-0.05, 0) is 36.1 Å². The second-order valence-electron chi connectivity index (χ2n) is 5.31. The van der Waals surface area contributed by atoms with Gasteiger partial charge in [-0.15, -0.1) is 22.7 Å². The molecule has 0 N–H and O–H groups in total. The van der Waals surface area contributed by atoms with Crippen molar-refractivity contribution in [3.8, 4) is 9.75 Å². The maximum absolute atomic E-state index is 11.0. The summed E-state index contributed by atoms with van der Waals surface area (Å²) >= 11 is 3.15. The molecule has 1 fully saturated rings. The summed E-state index contributed by atoms with van der Waals surface area (Å²) in [7, 11) is 0. The fraction of sp³-hybridized carbons (Fsp3) is 0.333. The second kappa shape index (κ2) is 3.87. The third kappa shape index (κ3) is 1.36. The van der Waals surface area contributed by atoms with Gasteiger partial charge in [0.2, 0.25) is 0 Å². The van der Waals surface area contributed by atoms with E-state index in [1.165, 1.54) is 33.7 Å². The fourth-order valence-electron chi connectivity index (χ4n) is 3.65. The average molecular weight is 288 g/mol. The molecule has 2 aromatic heterocycles. The zero-order chi connectivity index (χ0) is 13.0. The predicted molar refractivity (Wildman–Crippen MR) is 77.7 cm³/mol. The molecule has 0 bridgehead atoms. The molecule has 2 nitrogen and oxygen atoms in total. The predicted octanol–water partition coefficient (Wildman–Crippen LogP) is 4.28. The van der Waals surface area contributed by atoms with Crippen LogP contribution in [0.5, 0.6) is 0 Å². The molecule has 0 unspecified atom stereocenters. The maximum Gasteiger partial charge on any atom is 0.160 e. The van der Waals surface area contributed by atoms with Gasteiger partial charge in [-0.3, -0.25) is 9.59 Å². The number of rotatable bonds is 2. The summed E-state index contributed by atoms with van der Waals surface area (Å²) in [5.74, 6) is 0. The van der Waals surface area contributed by atoms with E-state index in [0.29, 0.717) is 0 Å². The fourth-order valence-corrected chi connectivity index (χ4v) is 5.95. The molecule has 0 aromatic carbocycles. The van der Waals surface area contributed by atoms with Gasteiger partial charge in [0, 0.05) is 15.2 Å². The number of carbonyl (C=O) groups is 2. The van der Waals surface area contributed by atoms with E-state index in [2.05, 4.69) is 12.1 Å². The standard InChI is InChI=1S/C15H12O2S2/c16-7-9-5-11-13(18-9)14-12(6-10(8-17)19-14)15(11)3-1-2-4-15/h5-8H,1-4H2. The van der Waals surface area contributed by atoms with Crippen molar-refractivity contribution in [1.29, 1.82) is 0 Å². The molecule has 2 aromatic rings. The summed E-state index contributed by atoms with van der Waals surface area (Å²) in [5.41, 5.74) is 2.78. The van der Waals surface area contributed by atoms with E-state index in [0.717, 1.165) is 35.2 Å². The third-order valence-electron chi connectivity index (χ3n) is 4.43. The molecule has 19 heavy (non-hydrogen) atoms. The highest BCUT2D eigenvalue weighted by molar-refractivity contribution is 7.24. The normalized spacial score (nSPS) is 18.5. The van der Waals surface area contributed by atoms with Crippen LogP contribution >= 0.6 is 22.7 Å². The first kappa shape index (κ1) is 11.6. The molecule has 0 atom stereocenters. The molecule has 2 heterocycles. The van der Waals surface area contributed by atoms with Crippen LogP contribution in [0.4, 0.5) is 0 Å². The molecule has 4 rings (SSSR count). The zero-order valence-electron chi connectivity index (χ0n) is 10.3. The van der Waals surface area contributed by atoms with Crippen molar-refractivity contribution >= 4 is 35.2 Å². The average Bonchev–Trinajstić information content (AvgIpc) is 3.16. The first-order valence-corrected chi connectivity index (χ1v) is 8.11.